The molecule has 0 amide bonds. The molecule has 78 valence electrons. The first kappa shape index (κ1) is 10.9. The van der Waals surface area contributed by atoms with Gasteiger partial charge in [-0.3, -0.25) is 0 Å². The van der Waals surface area contributed by atoms with Gasteiger partial charge in [0, 0.05) is 6.07 Å². The maximum atomic E-state index is 9.67. The van der Waals surface area contributed by atoms with Gasteiger partial charge in [-0.2, -0.15) is 0 Å². The van der Waals surface area contributed by atoms with Crippen LogP contribution in [0.4, 0.5) is 0 Å². The Morgan fingerprint density at radius 3 is 2.71 bits per heavy atom. The van der Waals surface area contributed by atoms with Gasteiger partial charge < -0.3 is 9.84 Å². The van der Waals surface area contributed by atoms with Gasteiger partial charge in [0.2, 0.25) is 5.88 Å². The molecule has 0 bridgehead atoms. The van der Waals surface area contributed by atoms with Gasteiger partial charge in [0.05, 0.1) is 18.9 Å². The Bertz CT molecular complexity index is 261. The third kappa shape index (κ3) is 2.96. The molecule has 1 heterocycles. The summed E-state index contributed by atoms with van der Waals surface area (Å²) < 4.78 is 4.87. The Labute approximate surface area is 83.9 Å². The molecule has 0 aliphatic heterocycles. The summed E-state index contributed by atoms with van der Waals surface area (Å²) >= 11 is 0. The summed E-state index contributed by atoms with van der Waals surface area (Å²) in [7, 11) is 1.54. The fraction of sp³-hybridized carbons (Fsp3) is 0.600. The molecule has 0 saturated carbocycles. The lowest BCUT2D eigenvalue weighted by Gasteiger charge is -2.08. The molecule has 1 aromatic rings. The van der Waals surface area contributed by atoms with Crippen LogP contribution in [0, 0.1) is 0 Å². The summed E-state index contributed by atoms with van der Waals surface area (Å²) in [6.45, 7) is 2.09. The fourth-order valence-electron chi connectivity index (χ4n) is 1.16. The quantitative estimate of drug-likeness (QED) is 0.778. The van der Waals surface area contributed by atoms with Crippen LogP contribution in [0.2, 0.25) is 0 Å². The minimum absolute atomic E-state index is 0.469. The summed E-state index contributed by atoms with van der Waals surface area (Å²) in [5.41, 5.74) is 0.610. The van der Waals surface area contributed by atoms with Crippen LogP contribution >= 0.6 is 0 Å². The molecule has 0 spiro atoms. The van der Waals surface area contributed by atoms with E-state index < -0.39 is 6.10 Å². The zero-order chi connectivity index (χ0) is 10.4. The number of hydrogen-bond acceptors (Lipinski definition) is 4. The molecule has 4 heteroatoms. The van der Waals surface area contributed by atoms with E-state index in [1.165, 1.54) is 7.11 Å². The molecule has 0 aliphatic rings. The number of aliphatic hydroxyl groups is 1. The predicted octanol–water partition coefficient (Wildman–Crippen LogP) is 1.71. The number of methoxy groups -OCH3 is 1. The molecule has 0 radical (unpaired) electrons. The van der Waals surface area contributed by atoms with E-state index in [2.05, 4.69) is 17.1 Å². The third-order valence-corrected chi connectivity index (χ3v) is 2.04. The first-order chi connectivity index (χ1) is 6.77. The number of nitrogens with zero attached hydrogens (tertiary/aromatic N) is 2. The second kappa shape index (κ2) is 5.54. The smallest absolute Gasteiger partial charge is 0.233 e. The number of hydrogen-bond donors (Lipinski definition) is 1. The lowest BCUT2D eigenvalue weighted by molar-refractivity contribution is 0.158. The van der Waals surface area contributed by atoms with Crippen LogP contribution in [-0.4, -0.2) is 22.4 Å². The molecule has 1 atom stereocenters. The van der Waals surface area contributed by atoms with Crippen LogP contribution in [0.3, 0.4) is 0 Å². The third-order valence-electron chi connectivity index (χ3n) is 2.04. The Hall–Kier alpha value is -1.16. The molecule has 1 unspecified atom stereocenters. The second-order valence-electron chi connectivity index (χ2n) is 3.16. The molecule has 4 nitrogen and oxygen atoms in total. The van der Waals surface area contributed by atoms with Gasteiger partial charge >= 0.3 is 0 Å². The molecule has 1 N–H and O–H groups in total. The molecule has 0 aromatic carbocycles. The van der Waals surface area contributed by atoms with Crippen molar-refractivity contribution in [3.63, 3.8) is 0 Å². The van der Waals surface area contributed by atoms with Crippen molar-refractivity contribution >= 4 is 0 Å². The lowest BCUT2D eigenvalue weighted by Crippen LogP contribution is -2.02. The average molecular weight is 196 g/mol. The van der Waals surface area contributed by atoms with Gasteiger partial charge in [0.1, 0.15) is 0 Å². The molecule has 0 aliphatic carbocycles. The van der Waals surface area contributed by atoms with Crippen LogP contribution in [0.15, 0.2) is 12.1 Å². The second-order valence-corrected chi connectivity index (χ2v) is 3.16. The van der Waals surface area contributed by atoms with Crippen molar-refractivity contribution in [3.05, 3.63) is 17.8 Å². The first-order valence-electron chi connectivity index (χ1n) is 4.83. The minimum Gasteiger partial charge on any atom is -0.480 e. The molecule has 1 rings (SSSR count). The molecular formula is C10H16N2O2. The van der Waals surface area contributed by atoms with Crippen molar-refractivity contribution in [2.75, 3.05) is 7.11 Å². The van der Waals surface area contributed by atoms with Crippen LogP contribution in [0.1, 0.15) is 38.0 Å². The van der Waals surface area contributed by atoms with Crippen LogP contribution in [0.25, 0.3) is 0 Å². The molecule has 1 aromatic heterocycles. The van der Waals surface area contributed by atoms with Crippen molar-refractivity contribution in [1.82, 2.24) is 10.2 Å². The number of unbranched alkanes of at least 4 members (excludes halogenated alkanes) is 1. The van der Waals surface area contributed by atoms with Crippen LogP contribution < -0.4 is 4.74 Å². The zero-order valence-corrected chi connectivity index (χ0v) is 8.60. The van der Waals surface area contributed by atoms with Gasteiger partial charge in [-0.25, -0.2) is 0 Å². The number of rotatable bonds is 5. The van der Waals surface area contributed by atoms with Crippen LogP contribution in [-0.2, 0) is 0 Å². The Balaban J connectivity index is 2.57. The van der Waals surface area contributed by atoms with Gasteiger partial charge in [-0.1, -0.05) is 19.8 Å². The van der Waals surface area contributed by atoms with Gasteiger partial charge in [0.25, 0.3) is 0 Å². The Morgan fingerprint density at radius 1 is 1.43 bits per heavy atom. The van der Waals surface area contributed by atoms with E-state index in [-0.39, 0.29) is 0 Å². The first-order valence-corrected chi connectivity index (χ1v) is 4.83. The molecule has 0 fully saturated rings. The summed E-state index contributed by atoms with van der Waals surface area (Å²) in [5.74, 6) is 0.469. The van der Waals surface area contributed by atoms with Gasteiger partial charge in [0.15, 0.2) is 0 Å². The van der Waals surface area contributed by atoms with Crippen molar-refractivity contribution < 1.29 is 9.84 Å². The van der Waals surface area contributed by atoms with E-state index in [0.717, 1.165) is 19.3 Å². The summed E-state index contributed by atoms with van der Waals surface area (Å²) in [4.78, 5) is 0. The zero-order valence-electron chi connectivity index (χ0n) is 8.60. The maximum absolute atomic E-state index is 9.67. The predicted molar refractivity (Wildman–Crippen MR) is 53.1 cm³/mol. The van der Waals surface area contributed by atoms with E-state index >= 15 is 0 Å². The average Bonchev–Trinajstić information content (AvgIpc) is 2.26. The van der Waals surface area contributed by atoms with Crippen LogP contribution in [0.5, 0.6) is 5.88 Å². The van der Waals surface area contributed by atoms with E-state index in [1.807, 2.05) is 0 Å². The standard InChI is InChI=1S/C10H16N2O2/c1-3-4-5-9(13)8-6-7-10(14-2)12-11-8/h6-7,9,13H,3-5H2,1-2H3. The molecule has 14 heavy (non-hydrogen) atoms. The number of aliphatic hydroxyl groups excluding tert-OH is 1. The van der Waals surface area contributed by atoms with Gasteiger partial charge in [-0.05, 0) is 12.5 Å². The van der Waals surface area contributed by atoms with E-state index in [9.17, 15) is 5.11 Å². The summed E-state index contributed by atoms with van der Waals surface area (Å²) in [5, 5.41) is 17.3. The van der Waals surface area contributed by atoms with E-state index in [0.29, 0.717) is 11.6 Å². The largest absolute Gasteiger partial charge is 0.480 e. The molecule has 0 saturated heterocycles. The monoisotopic (exact) mass is 196 g/mol. The SMILES string of the molecule is CCCCC(O)c1ccc(OC)nn1. The number of aromatic nitrogens is 2. The maximum Gasteiger partial charge on any atom is 0.233 e. The highest BCUT2D eigenvalue weighted by Crippen LogP contribution is 2.17. The molecular weight excluding hydrogens is 180 g/mol. The van der Waals surface area contributed by atoms with Crippen molar-refractivity contribution in [2.45, 2.75) is 32.3 Å². The topological polar surface area (TPSA) is 55.2 Å². The van der Waals surface area contributed by atoms with Gasteiger partial charge in [-0.15, -0.1) is 10.2 Å². The summed E-state index contributed by atoms with van der Waals surface area (Å²) in [6.07, 6.45) is 2.29. The van der Waals surface area contributed by atoms with Crippen molar-refractivity contribution in [1.29, 1.82) is 0 Å². The lowest BCUT2D eigenvalue weighted by atomic mass is 10.1. The highest BCUT2D eigenvalue weighted by molar-refractivity contribution is 5.12. The normalized spacial score (nSPS) is 12.5. The van der Waals surface area contributed by atoms with Crippen molar-refractivity contribution in [3.8, 4) is 5.88 Å². The van der Waals surface area contributed by atoms with E-state index in [4.69, 9.17) is 4.74 Å². The number of ether oxygens (including phenoxy) is 1. The highest BCUT2D eigenvalue weighted by atomic mass is 16.5. The Kier molecular flexibility index (Phi) is 4.32. The fourth-order valence-corrected chi connectivity index (χ4v) is 1.16. The highest BCUT2D eigenvalue weighted by Gasteiger charge is 2.08. The van der Waals surface area contributed by atoms with Crippen molar-refractivity contribution in [2.24, 2.45) is 0 Å². The summed E-state index contributed by atoms with van der Waals surface area (Å²) in [6, 6.07) is 3.45. The Morgan fingerprint density at radius 2 is 2.21 bits per heavy atom. The van der Waals surface area contributed by atoms with E-state index in [1.54, 1.807) is 12.1 Å². The minimum atomic E-state index is -0.506.